The van der Waals surface area contributed by atoms with E-state index < -0.39 is 15.9 Å². The molecule has 2 atom stereocenters. The quantitative estimate of drug-likeness (QED) is 0.523. The summed E-state index contributed by atoms with van der Waals surface area (Å²) >= 11 is 0. The molecule has 0 aromatic rings. The van der Waals surface area contributed by atoms with Gasteiger partial charge in [0.1, 0.15) is 0 Å². The van der Waals surface area contributed by atoms with Gasteiger partial charge in [0.05, 0.1) is 11.5 Å². The lowest BCUT2D eigenvalue weighted by atomic mass is 9.98. The van der Waals surface area contributed by atoms with Gasteiger partial charge in [-0.05, 0) is 18.8 Å². The van der Waals surface area contributed by atoms with Crippen LogP contribution in [0.5, 0.6) is 0 Å². The fraction of sp³-hybridized carbons (Fsp3) is 1.00. The minimum Gasteiger partial charge on any atom is -0.264 e. The minimum absolute atomic E-state index is 0.0193. The zero-order valence-corrected chi connectivity index (χ0v) is 9.00. The van der Waals surface area contributed by atoms with Crippen LogP contribution in [0.15, 0.2) is 0 Å². The third-order valence-corrected chi connectivity index (χ3v) is 4.48. The molecule has 82 valence electrons. The minimum atomic E-state index is -2.93. The zero-order valence-electron chi connectivity index (χ0n) is 8.18. The second-order valence-corrected chi connectivity index (χ2v) is 6.22. The van der Waals surface area contributed by atoms with E-state index in [4.69, 9.17) is 0 Å². The Morgan fingerprint density at radius 1 is 1.57 bits per heavy atom. The topological polar surface area (TPSA) is 77.3 Å². The highest BCUT2D eigenvalue weighted by atomic mass is 32.2. The van der Waals surface area contributed by atoms with Gasteiger partial charge in [-0.1, -0.05) is 0 Å². The number of hydrogen-bond acceptors (Lipinski definition) is 4. The van der Waals surface area contributed by atoms with Gasteiger partial charge in [0, 0.05) is 18.3 Å². The average molecular weight is 221 g/mol. The predicted octanol–water partition coefficient (Wildman–Crippen LogP) is 0.866. The molecule has 1 fully saturated rings. The lowest BCUT2D eigenvalue weighted by Crippen LogP contribution is -2.29. The third-order valence-electron chi connectivity index (χ3n) is 2.59. The van der Waals surface area contributed by atoms with Crippen molar-refractivity contribution in [2.75, 3.05) is 11.5 Å². The Hall–Kier alpha value is -0.650. The Bertz CT molecular complexity index is 311. The van der Waals surface area contributed by atoms with E-state index in [0.29, 0.717) is 12.8 Å². The number of rotatable bonds is 3. The van der Waals surface area contributed by atoms with Gasteiger partial charge in [-0.2, -0.15) is 0 Å². The van der Waals surface area contributed by atoms with E-state index in [0.717, 1.165) is 6.42 Å². The van der Waals surface area contributed by atoms with Crippen LogP contribution in [0, 0.1) is 16.0 Å². The van der Waals surface area contributed by atoms with Crippen molar-refractivity contribution in [1.29, 1.82) is 0 Å². The average Bonchev–Trinajstić information content (AvgIpc) is 2.01. The fourth-order valence-electron chi connectivity index (χ4n) is 1.87. The van der Waals surface area contributed by atoms with E-state index in [1.165, 1.54) is 6.92 Å². The van der Waals surface area contributed by atoms with E-state index in [9.17, 15) is 18.5 Å². The number of sulfone groups is 1. The van der Waals surface area contributed by atoms with Crippen molar-refractivity contribution in [2.24, 2.45) is 5.92 Å². The van der Waals surface area contributed by atoms with Crippen LogP contribution < -0.4 is 0 Å². The van der Waals surface area contributed by atoms with Crippen LogP contribution in [-0.2, 0) is 9.84 Å². The van der Waals surface area contributed by atoms with E-state index in [1.54, 1.807) is 0 Å². The maximum atomic E-state index is 11.2. The van der Waals surface area contributed by atoms with Gasteiger partial charge >= 0.3 is 0 Å². The molecule has 14 heavy (non-hydrogen) atoms. The highest BCUT2D eigenvalue weighted by Crippen LogP contribution is 2.23. The number of hydrogen-bond donors (Lipinski definition) is 0. The lowest BCUT2D eigenvalue weighted by molar-refractivity contribution is -0.520. The van der Waals surface area contributed by atoms with Crippen molar-refractivity contribution in [3.63, 3.8) is 0 Å². The molecular formula is C8H15NO4S. The van der Waals surface area contributed by atoms with Crippen LogP contribution in [0.1, 0.15) is 26.2 Å². The molecule has 0 radical (unpaired) electrons. The van der Waals surface area contributed by atoms with Crippen LogP contribution >= 0.6 is 0 Å². The Morgan fingerprint density at radius 3 is 2.71 bits per heavy atom. The molecular weight excluding hydrogens is 206 g/mol. The Morgan fingerprint density at radius 2 is 2.21 bits per heavy atom. The van der Waals surface area contributed by atoms with E-state index >= 15 is 0 Å². The van der Waals surface area contributed by atoms with Crippen molar-refractivity contribution in [3.05, 3.63) is 10.1 Å². The van der Waals surface area contributed by atoms with Crippen molar-refractivity contribution < 1.29 is 13.3 Å². The molecule has 0 bridgehead atoms. The monoisotopic (exact) mass is 221 g/mol. The molecule has 0 aliphatic carbocycles. The highest BCUT2D eigenvalue weighted by molar-refractivity contribution is 7.91. The van der Waals surface area contributed by atoms with Crippen molar-refractivity contribution >= 4 is 9.84 Å². The molecule has 0 saturated carbocycles. The van der Waals surface area contributed by atoms with Crippen LogP contribution in [-0.4, -0.2) is 30.9 Å². The molecule has 1 rings (SSSR count). The lowest BCUT2D eigenvalue weighted by Gasteiger charge is -2.21. The Balaban J connectivity index is 2.50. The third kappa shape index (κ3) is 3.25. The summed E-state index contributed by atoms with van der Waals surface area (Å²) in [5, 5.41) is 10.4. The molecule has 1 aliphatic rings. The second kappa shape index (κ2) is 4.25. The molecule has 5 nitrogen and oxygen atoms in total. The molecule has 0 spiro atoms. The largest absolute Gasteiger partial charge is 0.264 e. The first-order chi connectivity index (χ1) is 6.41. The summed E-state index contributed by atoms with van der Waals surface area (Å²) in [5.41, 5.74) is 0. The van der Waals surface area contributed by atoms with Crippen LogP contribution in [0.3, 0.4) is 0 Å². The first-order valence-electron chi connectivity index (χ1n) is 4.74. The summed E-state index contributed by atoms with van der Waals surface area (Å²) < 4.78 is 22.5. The zero-order chi connectivity index (χ0) is 10.8. The van der Waals surface area contributed by atoms with Gasteiger partial charge in [0.15, 0.2) is 9.84 Å². The van der Waals surface area contributed by atoms with Crippen LogP contribution in [0.4, 0.5) is 0 Å². The molecule has 0 amide bonds. The van der Waals surface area contributed by atoms with Gasteiger partial charge in [-0.25, -0.2) is 8.42 Å². The maximum absolute atomic E-state index is 11.2. The second-order valence-electron chi connectivity index (χ2n) is 3.99. The fourth-order valence-corrected chi connectivity index (χ4v) is 3.67. The molecule has 0 aromatic heterocycles. The molecule has 1 saturated heterocycles. The summed E-state index contributed by atoms with van der Waals surface area (Å²) in [5.74, 6) is 0.357. The van der Waals surface area contributed by atoms with Gasteiger partial charge < -0.3 is 0 Å². The molecule has 0 aromatic carbocycles. The highest BCUT2D eigenvalue weighted by Gasteiger charge is 2.28. The van der Waals surface area contributed by atoms with Crippen molar-refractivity contribution in [2.45, 2.75) is 32.2 Å². The first-order valence-corrected chi connectivity index (χ1v) is 6.57. The Kier molecular flexibility index (Phi) is 3.47. The molecule has 1 aliphatic heterocycles. The molecule has 2 unspecified atom stereocenters. The van der Waals surface area contributed by atoms with Gasteiger partial charge in [0.2, 0.25) is 6.04 Å². The molecule has 6 heteroatoms. The first kappa shape index (κ1) is 11.4. The predicted molar refractivity (Wildman–Crippen MR) is 52.5 cm³/mol. The van der Waals surface area contributed by atoms with E-state index in [1.807, 2.05) is 0 Å². The summed E-state index contributed by atoms with van der Waals surface area (Å²) in [6.07, 6.45) is 1.83. The van der Waals surface area contributed by atoms with E-state index in [-0.39, 0.29) is 22.3 Å². The number of nitro groups is 1. The molecule has 0 N–H and O–H groups in total. The van der Waals surface area contributed by atoms with Gasteiger partial charge in [-0.15, -0.1) is 0 Å². The van der Waals surface area contributed by atoms with Gasteiger partial charge in [0.25, 0.3) is 0 Å². The van der Waals surface area contributed by atoms with E-state index in [2.05, 4.69) is 0 Å². The van der Waals surface area contributed by atoms with Crippen molar-refractivity contribution in [3.8, 4) is 0 Å². The molecule has 1 heterocycles. The summed E-state index contributed by atoms with van der Waals surface area (Å²) in [7, 11) is -2.93. The summed E-state index contributed by atoms with van der Waals surface area (Å²) in [6, 6.07) is -0.631. The standard InChI is InChI=1S/C8H15NO4S/c1-7(9(10)11)5-8-3-2-4-14(12,13)6-8/h7-8H,2-6H2,1H3. The van der Waals surface area contributed by atoms with Crippen LogP contribution in [0.2, 0.25) is 0 Å². The normalized spacial score (nSPS) is 28.2. The maximum Gasteiger partial charge on any atom is 0.210 e. The smallest absolute Gasteiger partial charge is 0.210 e. The van der Waals surface area contributed by atoms with Crippen molar-refractivity contribution in [1.82, 2.24) is 0 Å². The SMILES string of the molecule is CC(CC1CCCS(=O)(=O)C1)[N+](=O)[O-]. The summed E-state index contributed by atoms with van der Waals surface area (Å²) in [6.45, 7) is 1.53. The number of nitrogens with zero attached hydrogens (tertiary/aromatic N) is 1. The van der Waals surface area contributed by atoms with Crippen LogP contribution in [0.25, 0.3) is 0 Å². The van der Waals surface area contributed by atoms with Gasteiger partial charge in [-0.3, -0.25) is 10.1 Å². The summed E-state index contributed by atoms with van der Waals surface area (Å²) in [4.78, 5) is 10.0. The Labute approximate surface area is 83.6 Å².